The van der Waals surface area contributed by atoms with Gasteiger partial charge in [0.15, 0.2) is 0 Å². The summed E-state index contributed by atoms with van der Waals surface area (Å²) in [6.45, 7) is 0. The second-order valence-electron chi connectivity index (χ2n) is 8.76. The predicted molar refractivity (Wildman–Crippen MR) is 116 cm³/mol. The molecule has 1 aliphatic heterocycles. The molecule has 2 aromatic rings. The van der Waals surface area contributed by atoms with Crippen molar-refractivity contribution < 1.29 is 32.6 Å². The van der Waals surface area contributed by atoms with Gasteiger partial charge in [-0.25, -0.2) is 4.79 Å². The van der Waals surface area contributed by atoms with Gasteiger partial charge in [0, 0.05) is 31.1 Å². The third-order valence-corrected chi connectivity index (χ3v) is 6.61. The summed E-state index contributed by atoms with van der Waals surface area (Å²) in [5, 5.41) is 0. The van der Waals surface area contributed by atoms with Gasteiger partial charge < -0.3 is 9.47 Å². The number of ketones is 1. The van der Waals surface area contributed by atoms with Crippen molar-refractivity contribution in [2.24, 2.45) is 11.8 Å². The summed E-state index contributed by atoms with van der Waals surface area (Å²) in [7, 11) is 0. The molecule has 2 aromatic carbocycles. The average Bonchev–Trinajstić information content (AvgIpc) is 3.32. The maximum Gasteiger partial charge on any atom is 0.338 e. The topological polar surface area (TPSA) is 69.7 Å². The minimum Gasteiger partial charge on any atom is -0.462 e. The van der Waals surface area contributed by atoms with Gasteiger partial charge in [-0.15, -0.1) is 0 Å². The minimum absolute atomic E-state index is 0.105. The largest absolute Gasteiger partial charge is 0.462 e. The molecular weight excluding hydrogens is 430 g/mol. The first kappa shape index (κ1) is 23.1. The number of carbonyl (C=O) groups excluding carboxylic acids is 3. The smallest absolute Gasteiger partial charge is 0.338 e. The van der Waals surface area contributed by atoms with Crippen LogP contribution < -0.4 is 0 Å². The van der Waals surface area contributed by atoms with Crippen LogP contribution in [0.2, 0.25) is 0 Å². The van der Waals surface area contributed by atoms with Crippen molar-refractivity contribution in [2.75, 3.05) is 0 Å². The lowest BCUT2D eigenvalue weighted by Gasteiger charge is -2.24. The number of rotatable bonds is 9. The van der Waals surface area contributed by atoms with Gasteiger partial charge >= 0.3 is 17.9 Å². The van der Waals surface area contributed by atoms with Gasteiger partial charge in [-0.2, -0.15) is 8.78 Å². The molecule has 1 saturated carbocycles. The summed E-state index contributed by atoms with van der Waals surface area (Å²) in [6.07, 6.45) is -1.22. The highest BCUT2D eigenvalue weighted by molar-refractivity contribution is 5.89. The predicted octanol–water partition coefficient (Wildman–Crippen LogP) is 4.78. The monoisotopic (exact) mass is 456 g/mol. The second-order valence-corrected chi connectivity index (χ2v) is 8.76. The standard InChI is InChI=1S/C26H26F2O5/c27-26(28,14-13-17-7-3-1-4-8-17)23(29)12-11-19-20-15-24(30)32-22(20)16-21(19)33-25(31)18-9-5-2-6-10-18/h1-10,19-22H,11-16H2/t19-,20-,21-,22+/m1/s1. The van der Waals surface area contributed by atoms with Crippen molar-refractivity contribution in [3.63, 3.8) is 0 Å². The van der Waals surface area contributed by atoms with Crippen molar-refractivity contribution in [3.05, 3.63) is 71.8 Å². The zero-order chi connectivity index (χ0) is 23.4. The minimum atomic E-state index is -3.44. The Labute approximate surface area is 191 Å². The van der Waals surface area contributed by atoms with Crippen LogP contribution in [0.4, 0.5) is 8.78 Å². The van der Waals surface area contributed by atoms with E-state index in [1.54, 1.807) is 60.7 Å². The Balaban J connectivity index is 1.38. The molecular formula is C26H26F2O5. The van der Waals surface area contributed by atoms with Crippen molar-refractivity contribution >= 4 is 17.7 Å². The lowest BCUT2D eigenvalue weighted by atomic mass is 9.86. The van der Waals surface area contributed by atoms with Crippen LogP contribution in [-0.4, -0.2) is 35.9 Å². The number of ether oxygens (including phenoxy) is 2. The molecule has 33 heavy (non-hydrogen) atoms. The van der Waals surface area contributed by atoms with E-state index in [1.165, 1.54) is 0 Å². The van der Waals surface area contributed by atoms with E-state index >= 15 is 0 Å². The number of hydrogen-bond acceptors (Lipinski definition) is 5. The number of hydrogen-bond donors (Lipinski definition) is 0. The molecule has 1 saturated heterocycles. The molecule has 7 heteroatoms. The van der Waals surface area contributed by atoms with Crippen LogP contribution in [0.5, 0.6) is 0 Å². The van der Waals surface area contributed by atoms with Crippen LogP contribution in [0, 0.1) is 11.8 Å². The van der Waals surface area contributed by atoms with Gasteiger partial charge in [0.1, 0.15) is 12.2 Å². The van der Waals surface area contributed by atoms with E-state index in [0.717, 1.165) is 5.56 Å². The number of alkyl halides is 2. The molecule has 174 valence electrons. The fourth-order valence-corrected chi connectivity index (χ4v) is 4.84. The zero-order valence-electron chi connectivity index (χ0n) is 18.1. The van der Waals surface area contributed by atoms with Crippen molar-refractivity contribution in [1.82, 2.24) is 0 Å². The molecule has 0 amide bonds. The van der Waals surface area contributed by atoms with Gasteiger partial charge in [0.2, 0.25) is 5.78 Å². The van der Waals surface area contributed by atoms with Gasteiger partial charge in [-0.3, -0.25) is 9.59 Å². The molecule has 0 N–H and O–H groups in total. The number of aryl methyl sites for hydroxylation is 1. The first-order valence-corrected chi connectivity index (χ1v) is 11.2. The molecule has 4 atom stereocenters. The number of Topliss-reactive ketones (excluding diaryl/α,β-unsaturated/α-hetero) is 1. The zero-order valence-corrected chi connectivity index (χ0v) is 18.1. The first-order valence-electron chi connectivity index (χ1n) is 11.2. The molecule has 0 aromatic heterocycles. The fourth-order valence-electron chi connectivity index (χ4n) is 4.84. The summed E-state index contributed by atoms with van der Waals surface area (Å²) in [4.78, 5) is 36.7. The summed E-state index contributed by atoms with van der Waals surface area (Å²) >= 11 is 0. The van der Waals surface area contributed by atoms with E-state index in [4.69, 9.17) is 9.47 Å². The highest BCUT2D eigenvalue weighted by Gasteiger charge is 2.52. The Morgan fingerprint density at radius 1 is 1.03 bits per heavy atom. The second kappa shape index (κ2) is 9.81. The number of benzene rings is 2. The number of halogens is 2. The number of carbonyl (C=O) groups is 3. The van der Waals surface area contributed by atoms with Gasteiger partial charge in [-0.05, 0) is 30.5 Å². The summed E-state index contributed by atoms with van der Waals surface area (Å²) < 4.78 is 40.1. The lowest BCUT2D eigenvalue weighted by molar-refractivity contribution is -0.144. The Bertz CT molecular complexity index is 992. The number of fused-ring (bicyclic) bond motifs is 1. The summed E-state index contributed by atoms with van der Waals surface area (Å²) in [6, 6.07) is 17.3. The van der Waals surface area contributed by atoms with Crippen LogP contribution in [0.25, 0.3) is 0 Å². The van der Waals surface area contributed by atoms with Crippen LogP contribution in [0.3, 0.4) is 0 Å². The third-order valence-electron chi connectivity index (χ3n) is 6.61. The highest BCUT2D eigenvalue weighted by Crippen LogP contribution is 2.45. The molecule has 0 bridgehead atoms. The Hall–Kier alpha value is -3.09. The first-order chi connectivity index (χ1) is 15.8. The van der Waals surface area contributed by atoms with E-state index in [-0.39, 0.29) is 43.5 Å². The molecule has 0 radical (unpaired) electrons. The molecule has 4 rings (SSSR count). The van der Waals surface area contributed by atoms with Crippen molar-refractivity contribution in [2.45, 2.75) is 56.7 Å². The Morgan fingerprint density at radius 3 is 2.39 bits per heavy atom. The normalized spacial score (nSPS) is 24.2. The fraction of sp³-hybridized carbons (Fsp3) is 0.423. The van der Waals surface area contributed by atoms with Crippen LogP contribution >= 0.6 is 0 Å². The molecule has 2 fully saturated rings. The summed E-state index contributed by atoms with van der Waals surface area (Å²) in [5.41, 5.74) is 1.13. The molecule has 1 aliphatic carbocycles. The van der Waals surface area contributed by atoms with Gasteiger partial charge in [0.05, 0.1) is 12.0 Å². The highest BCUT2D eigenvalue weighted by atomic mass is 19.3. The molecule has 5 nitrogen and oxygen atoms in total. The lowest BCUT2D eigenvalue weighted by Crippen LogP contribution is -2.32. The van der Waals surface area contributed by atoms with E-state index in [1.807, 2.05) is 0 Å². The van der Waals surface area contributed by atoms with E-state index in [9.17, 15) is 23.2 Å². The van der Waals surface area contributed by atoms with Crippen molar-refractivity contribution in [3.8, 4) is 0 Å². The van der Waals surface area contributed by atoms with Crippen LogP contribution in [0.15, 0.2) is 60.7 Å². The maximum atomic E-state index is 14.5. The molecule has 2 aliphatic rings. The molecule has 0 unspecified atom stereocenters. The third kappa shape index (κ3) is 5.46. The van der Waals surface area contributed by atoms with Gasteiger partial charge in [-0.1, -0.05) is 48.5 Å². The average molecular weight is 456 g/mol. The van der Waals surface area contributed by atoms with Gasteiger partial charge in [0.25, 0.3) is 0 Å². The quantitative estimate of drug-likeness (QED) is 0.508. The molecule has 0 spiro atoms. The SMILES string of the molecule is O=C1C[C@@H]2[C@@H](CCC(=O)C(F)(F)CCc3ccccc3)[C@H](OC(=O)c3ccccc3)C[C@@H]2O1. The van der Waals surface area contributed by atoms with Crippen LogP contribution in [0.1, 0.15) is 48.0 Å². The van der Waals surface area contributed by atoms with E-state index in [2.05, 4.69) is 0 Å². The van der Waals surface area contributed by atoms with Crippen LogP contribution in [-0.2, 0) is 25.5 Å². The summed E-state index contributed by atoms with van der Waals surface area (Å²) in [5.74, 6) is -6.05. The van der Waals surface area contributed by atoms with E-state index < -0.39 is 36.3 Å². The number of esters is 2. The van der Waals surface area contributed by atoms with E-state index in [0.29, 0.717) is 12.0 Å². The Morgan fingerprint density at radius 2 is 1.70 bits per heavy atom. The maximum absolute atomic E-state index is 14.5. The van der Waals surface area contributed by atoms with Crippen molar-refractivity contribution in [1.29, 1.82) is 0 Å². The molecule has 1 heterocycles. The Kier molecular flexibility index (Phi) is 6.86.